The summed E-state index contributed by atoms with van der Waals surface area (Å²) < 4.78 is 6.06. The molecule has 0 saturated heterocycles. The van der Waals surface area contributed by atoms with Gasteiger partial charge in [0.2, 0.25) is 0 Å². The van der Waals surface area contributed by atoms with E-state index in [1.807, 2.05) is 30.3 Å². The van der Waals surface area contributed by atoms with Crippen molar-refractivity contribution >= 4 is 12.8 Å². The fourth-order valence-electron chi connectivity index (χ4n) is 2.06. The Balaban J connectivity index is 3.03. The molecule has 0 spiro atoms. The Morgan fingerprint density at radius 1 is 1.17 bits per heavy atom. The molecular weight excluding hydrogens is 243 g/mol. The van der Waals surface area contributed by atoms with Crippen molar-refractivity contribution in [3.05, 3.63) is 35.9 Å². The summed E-state index contributed by atoms with van der Waals surface area (Å²) in [7, 11) is 0. The SMILES string of the molecule is CCP(C)(CC)(OC(=O)c1ccccc1)C(C)C. The first-order chi connectivity index (χ1) is 8.36. The maximum atomic E-state index is 12.3. The number of benzene rings is 1. The van der Waals surface area contributed by atoms with E-state index in [2.05, 4.69) is 34.4 Å². The van der Waals surface area contributed by atoms with Gasteiger partial charge in [0.15, 0.2) is 0 Å². The van der Waals surface area contributed by atoms with Gasteiger partial charge in [-0.25, -0.2) is 0 Å². The Hall–Kier alpha value is -0.880. The summed E-state index contributed by atoms with van der Waals surface area (Å²) in [6, 6.07) is 9.28. The average molecular weight is 268 g/mol. The minimum atomic E-state index is -2.40. The molecule has 0 bridgehead atoms. The van der Waals surface area contributed by atoms with Crippen LogP contribution in [0, 0.1) is 0 Å². The van der Waals surface area contributed by atoms with Crippen LogP contribution in [0.15, 0.2) is 30.3 Å². The van der Waals surface area contributed by atoms with Crippen LogP contribution in [0.3, 0.4) is 0 Å². The van der Waals surface area contributed by atoms with Crippen molar-refractivity contribution in [2.45, 2.75) is 33.4 Å². The molecule has 0 fully saturated rings. The van der Waals surface area contributed by atoms with Crippen LogP contribution < -0.4 is 0 Å². The molecule has 1 aromatic carbocycles. The van der Waals surface area contributed by atoms with E-state index in [9.17, 15) is 4.79 Å². The van der Waals surface area contributed by atoms with Crippen molar-refractivity contribution < 1.29 is 9.32 Å². The van der Waals surface area contributed by atoms with Crippen LogP contribution in [0.1, 0.15) is 38.1 Å². The standard InChI is InChI=1S/C15H25O2P/c1-6-18(5,7-2,13(3)4)17-15(16)14-11-9-8-10-12-14/h8-13H,6-7H2,1-5H3. The first kappa shape index (κ1) is 15.2. The van der Waals surface area contributed by atoms with Crippen molar-refractivity contribution in [1.82, 2.24) is 0 Å². The quantitative estimate of drug-likeness (QED) is 0.740. The zero-order valence-electron chi connectivity index (χ0n) is 12.1. The molecule has 0 atom stereocenters. The van der Waals surface area contributed by atoms with Crippen LogP contribution in [-0.2, 0) is 4.52 Å². The van der Waals surface area contributed by atoms with Gasteiger partial charge in [0, 0.05) is 0 Å². The van der Waals surface area contributed by atoms with Crippen molar-refractivity contribution in [1.29, 1.82) is 0 Å². The molecule has 3 heteroatoms. The summed E-state index contributed by atoms with van der Waals surface area (Å²) in [4.78, 5) is 12.3. The van der Waals surface area contributed by atoms with Crippen molar-refractivity contribution in [2.75, 3.05) is 19.0 Å². The molecule has 0 N–H and O–H groups in total. The topological polar surface area (TPSA) is 26.3 Å². The summed E-state index contributed by atoms with van der Waals surface area (Å²) in [6.45, 7) is 8.41. The molecule has 0 aliphatic heterocycles. The first-order valence-electron chi connectivity index (χ1n) is 6.66. The van der Waals surface area contributed by atoms with Crippen LogP contribution in [0.25, 0.3) is 0 Å². The van der Waals surface area contributed by atoms with Crippen LogP contribution in [0.5, 0.6) is 0 Å². The predicted octanol–water partition coefficient (Wildman–Crippen LogP) is 4.39. The second-order valence-corrected chi connectivity index (χ2v) is 12.0. The molecule has 0 unspecified atom stereocenters. The second-order valence-electron chi connectivity index (χ2n) is 5.50. The van der Waals surface area contributed by atoms with Gasteiger partial charge in [-0.1, -0.05) is 0 Å². The Kier molecular flexibility index (Phi) is 4.55. The molecule has 0 saturated carbocycles. The molecule has 0 aliphatic carbocycles. The molecule has 1 aromatic rings. The molecule has 0 aromatic heterocycles. The van der Waals surface area contributed by atoms with E-state index >= 15 is 0 Å². The average Bonchev–Trinajstić information content (AvgIpc) is 2.39. The number of hydrogen-bond acceptors (Lipinski definition) is 2. The van der Waals surface area contributed by atoms with Gasteiger partial charge < -0.3 is 0 Å². The summed E-state index contributed by atoms with van der Waals surface area (Å²) >= 11 is 0. The predicted molar refractivity (Wildman–Crippen MR) is 80.9 cm³/mol. The first-order valence-corrected chi connectivity index (χ1v) is 9.70. The van der Waals surface area contributed by atoms with E-state index in [0.717, 1.165) is 12.3 Å². The number of rotatable bonds is 5. The van der Waals surface area contributed by atoms with E-state index < -0.39 is 6.83 Å². The molecule has 102 valence electrons. The monoisotopic (exact) mass is 268 g/mol. The molecule has 0 amide bonds. The Bertz CT molecular complexity index is 408. The van der Waals surface area contributed by atoms with Crippen LogP contribution in [-0.4, -0.2) is 30.6 Å². The molecule has 0 radical (unpaired) electrons. The third kappa shape index (κ3) is 2.75. The van der Waals surface area contributed by atoms with Crippen LogP contribution in [0.4, 0.5) is 0 Å². The molecule has 0 aliphatic rings. The van der Waals surface area contributed by atoms with Gasteiger partial charge in [0.05, 0.1) is 0 Å². The zero-order valence-corrected chi connectivity index (χ0v) is 13.0. The van der Waals surface area contributed by atoms with Gasteiger partial charge in [-0.2, -0.15) is 0 Å². The molecular formula is C15H25O2P. The number of carbonyl (C=O) groups is 1. The summed E-state index contributed by atoms with van der Waals surface area (Å²) in [5, 5.41) is 0. The van der Waals surface area contributed by atoms with Crippen molar-refractivity contribution in [3.63, 3.8) is 0 Å². The Morgan fingerprint density at radius 3 is 2.06 bits per heavy atom. The fraction of sp³-hybridized carbons (Fsp3) is 0.533. The van der Waals surface area contributed by atoms with Crippen molar-refractivity contribution in [2.24, 2.45) is 0 Å². The van der Waals surface area contributed by atoms with Gasteiger partial charge in [-0.3, -0.25) is 0 Å². The summed E-state index contributed by atoms with van der Waals surface area (Å²) in [5.74, 6) is -0.173. The summed E-state index contributed by atoms with van der Waals surface area (Å²) in [6.07, 6.45) is 1.89. The maximum absolute atomic E-state index is 12.3. The normalized spacial score (nSPS) is 14.0. The van der Waals surface area contributed by atoms with E-state index in [1.54, 1.807) is 0 Å². The fourth-order valence-corrected chi connectivity index (χ4v) is 5.04. The zero-order chi connectivity index (χ0) is 13.8. The van der Waals surface area contributed by atoms with Crippen LogP contribution in [0.2, 0.25) is 0 Å². The summed E-state index contributed by atoms with van der Waals surface area (Å²) in [5.41, 5.74) is 1.05. The Morgan fingerprint density at radius 2 is 1.67 bits per heavy atom. The van der Waals surface area contributed by atoms with Gasteiger partial charge in [-0.05, 0) is 0 Å². The third-order valence-electron chi connectivity index (χ3n) is 4.53. The van der Waals surface area contributed by atoms with E-state index in [-0.39, 0.29) is 5.97 Å². The van der Waals surface area contributed by atoms with Gasteiger partial charge in [0.25, 0.3) is 0 Å². The number of carbonyl (C=O) groups excluding carboxylic acids is 1. The third-order valence-corrected chi connectivity index (χ3v) is 11.6. The molecule has 2 nitrogen and oxygen atoms in total. The van der Waals surface area contributed by atoms with Gasteiger partial charge in [0.1, 0.15) is 0 Å². The molecule has 1 rings (SSSR count). The van der Waals surface area contributed by atoms with E-state index in [4.69, 9.17) is 4.52 Å². The van der Waals surface area contributed by atoms with E-state index in [0.29, 0.717) is 11.2 Å². The minimum absolute atomic E-state index is 0.173. The van der Waals surface area contributed by atoms with Gasteiger partial charge in [-0.15, -0.1) is 0 Å². The Labute approximate surface area is 111 Å². The van der Waals surface area contributed by atoms with Gasteiger partial charge >= 0.3 is 110 Å². The molecule has 18 heavy (non-hydrogen) atoms. The number of hydrogen-bond donors (Lipinski definition) is 0. The van der Waals surface area contributed by atoms with Crippen molar-refractivity contribution in [3.8, 4) is 0 Å². The molecule has 0 heterocycles. The second kappa shape index (κ2) is 5.40. The van der Waals surface area contributed by atoms with E-state index in [1.165, 1.54) is 0 Å². The van der Waals surface area contributed by atoms with Crippen LogP contribution >= 0.6 is 6.83 Å².